The molecule has 0 aliphatic carbocycles. The van der Waals surface area contributed by atoms with Gasteiger partial charge >= 0.3 is 0 Å². The lowest BCUT2D eigenvalue weighted by molar-refractivity contribution is -0.139. The van der Waals surface area contributed by atoms with Gasteiger partial charge in [0.1, 0.15) is 11.5 Å². The largest absolute Gasteiger partial charge is 0.507 e. The van der Waals surface area contributed by atoms with Gasteiger partial charge in [-0.15, -0.1) is 0 Å². The standard InChI is InChI=1S/C24H27NO6/c1-4-12-25-21(15-10-11-18(26)19(14-15)31-6-3)20(23(28)24(25)29)22(27)16-8-7-9-17(13-16)30-5-2/h7-11,13-14,21,26-27H,4-6,12H2,1-3H3/b22-20-. The quantitative estimate of drug-likeness (QED) is 0.377. The monoisotopic (exact) mass is 425 g/mol. The van der Waals surface area contributed by atoms with Gasteiger partial charge in [-0.05, 0) is 50.1 Å². The number of Topliss-reactive ketones (excluding diaryl/α,β-unsaturated/α-hetero) is 1. The Bertz CT molecular complexity index is 1010. The molecular weight excluding hydrogens is 398 g/mol. The van der Waals surface area contributed by atoms with Gasteiger partial charge in [0.25, 0.3) is 11.7 Å². The lowest BCUT2D eigenvalue weighted by Crippen LogP contribution is -2.30. The first-order valence-electron chi connectivity index (χ1n) is 10.4. The molecule has 1 unspecified atom stereocenters. The Morgan fingerprint density at radius 2 is 1.77 bits per heavy atom. The summed E-state index contributed by atoms with van der Waals surface area (Å²) in [5.41, 5.74) is 0.950. The molecule has 1 aliphatic rings. The predicted molar refractivity (Wildman–Crippen MR) is 116 cm³/mol. The fourth-order valence-electron chi connectivity index (χ4n) is 3.73. The summed E-state index contributed by atoms with van der Waals surface area (Å²) in [5, 5.41) is 21.2. The highest BCUT2D eigenvalue weighted by atomic mass is 16.5. The normalized spacial score (nSPS) is 17.8. The molecule has 0 aromatic heterocycles. The number of carbonyl (C=O) groups is 2. The van der Waals surface area contributed by atoms with Crippen LogP contribution in [0.15, 0.2) is 48.0 Å². The van der Waals surface area contributed by atoms with Gasteiger partial charge in [-0.3, -0.25) is 9.59 Å². The van der Waals surface area contributed by atoms with Crippen LogP contribution in [0, 0.1) is 0 Å². The van der Waals surface area contributed by atoms with Gasteiger partial charge in [-0.25, -0.2) is 0 Å². The van der Waals surface area contributed by atoms with Gasteiger partial charge in [0, 0.05) is 12.1 Å². The van der Waals surface area contributed by atoms with Crippen LogP contribution in [0.2, 0.25) is 0 Å². The number of ether oxygens (including phenoxy) is 2. The maximum Gasteiger partial charge on any atom is 0.295 e. The molecule has 1 fully saturated rings. The second kappa shape index (κ2) is 9.55. The van der Waals surface area contributed by atoms with Crippen LogP contribution in [0.4, 0.5) is 0 Å². The zero-order valence-electron chi connectivity index (χ0n) is 17.9. The van der Waals surface area contributed by atoms with E-state index in [0.717, 1.165) is 0 Å². The molecule has 0 saturated carbocycles. The van der Waals surface area contributed by atoms with Crippen molar-refractivity contribution in [3.63, 3.8) is 0 Å². The highest BCUT2D eigenvalue weighted by Gasteiger charge is 2.45. The number of benzene rings is 2. The van der Waals surface area contributed by atoms with Crippen molar-refractivity contribution in [1.29, 1.82) is 0 Å². The molecular formula is C24H27NO6. The van der Waals surface area contributed by atoms with Gasteiger partial charge in [-0.2, -0.15) is 0 Å². The van der Waals surface area contributed by atoms with Crippen LogP contribution in [0.5, 0.6) is 17.2 Å². The Morgan fingerprint density at radius 3 is 2.45 bits per heavy atom. The number of carbonyl (C=O) groups excluding carboxylic acids is 2. The van der Waals surface area contributed by atoms with E-state index in [1.165, 1.54) is 11.0 Å². The smallest absolute Gasteiger partial charge is 0.295 e. The number of aliphatic hydroxyl groups is 1. The van der Waals surface area contributed by atoms with Crippen LogP contribution in [0.3, 0.4) is 0 Å². The van der Waals surface area contributed by atoms with E-state index in [1.807, 2.05) is 13.8 Å². The van der Waals surface area contributed by atoms with E-state index in [9.17, 15) is 19.8 Å². The number of likely N-dealkylation sites (tertiary alicyclic amines) is 1. The third kappa shape index (κ3) is 4.35. The molecule has 0 bridgehead atoms. The number of nitrogens with zero attached hydrogens (tertiary/aromatic N) is 1. The highest BCUT2D eigenvalue weighted by Crippen LogP contribution is 2.42. The Balaban J connectivity index is 2.18. The number of amides is 1. The molecule has 2 N–H and O–H groups in total. The summed E-state index contributed by atoms with van der Waals surface area (Å²) in [7, 11) is 0. The van der Waals surface area contributed by atoms with Crippen LogP contribution in [0.1, 0.15) is 44.4 Å². The summed E-state index contributed by atoms with van der Waals surface area (Å²) >= 11 is 0. The van der Waals surface area contributed by atoms with Crippen LogP contribution in [-0.2, 0) is 9.59 Å². The number of phenols is 1. The van der Waals surface area contributed by atoms with E-state index >= 15 is 0 Å². The molecule has 7 heteroatoms. The van der Waals surface area contributed by atoms with Crippen molar-refractivity contribution in [2.24, 2.45) is 0 Å². The molecule has 1 atom stereocenters. The average Bonchev–Trinajstić information content (AvgIpc) is 3.01. The lowest BCUT2D eigenvalue weighted by Gasteiger charge is -2.25. The maximum absolute atomic E-state index is 13.0. The first kappa shape index (κ1) is 22.2. The molecule has 164 valence electrons. The molecule has 1 heterocycles. The van der Waals surface area contributed by atoms with E-state index in [0.29, 0.717) is 43.1 Å². The summed E-state index contributed by atoms with van der Waals surface area (Å²) in [5.74, 6) is -0.921. The first-order valence-corrected chi connectivity index (χ1v) is 10.4. The van der Waals surface area contributed by atoms with E-state index in [2.05, 4.69) is 0 Å². The van der Waals surface area contributed by atoms with Crippen LogP contribution >= 0.6 is 0 Å². The van der Waals surface area contributed by atoms with Gasteiger partial charge in [0.05, 0.1) is 24.8 Å². The number of rotatable bonds is 8. The summed E-state index contributed by atoms with van der Waals surface area (Å²) in [6, 6.07) is 10.6. The summed E-state index contributed by atoms with van der Waals surface area (Å²) in [6.45, 7) is 6.69. The Hall–Kier alpha value is -3.48. The number of hydrogen-bond acceptors (Lipinski definition) is 6. The zero-order valence-corrected chi connectivity index (χ0v) is 17.9. The molecule has 2 aromatic carbocycles. The number of ketones is 1. The fourth-order valence-corrected chi connectivity index (χ4v) is 3.73. The number of aromatic hydroxyl groups is 1. The fraction of sp³-hybridized carbons (Fsp3) is 0.333. The van der Waals surface area contributed by atoms with Crippen molar-refractivity contribution in [2.75, 3.05) is 19.8 Å². The molecule has 1 amide bonds. The Labute approximate surface area is 181 Å². The van der Waals surface area contributed by atoms with E-state index in [4.69, 9.17) is 9.47 Å². The minimum absolute atomic E-state index is 0.000219. The number of hydrogen-bond donors (Lipinski definition) is 2. The second-order valence-corrected chi connectivity index (χ2v) is 7.11. The number of aliphatic hydroxyl groups excluding tert-OH is 1. The van der Waals surface area contributed by atoms with Crippen LogP contribution < -0.4 is 9.47 Å². The zero-order chi connectivity index (χ0) is 22.5. The predicted octanol–water partition coefficient (Wildman–Crippen LogP) is 4.02. The summed E-state index contributed by atoms with van der Waals surface area (Å²) in [4.78, 5) is 27.2. The van der Waals surface area contributed by atoms with Crippen molar-refractivity contribution in [3.05, 3.63) is 59.2 Å². The van der Waals surface area contributed by atoms with Crippen molar-refractivity contribution >= 4 is 17.4 Å². The molecule has 2 aromatic rings. The van der Waals surface area contributed by atoms with Gasteiger partial charge in [-0.1, -0.05) is 25.1 Å². The minimum Gasteiger partial charge on any atom is -0.507 e. The van der Waals surface area contributed by atoms with E-state index < -0.39 is 17.7 Å². The summed E-state index contributed by atoms with van der Waals surface area (Å²) in [6.07, 6.45) is 0.639. The van der Waals surface area contributed by atoms with Gasteiger partial charge < -0.3 is 24.6 Å². The number of phenolic OH excluding ortho intramolecular Hbond substituents is 1. The van der Waals surface area contributed by atoms with Crippen molar-refractivity contribution in [2.45, 2.75) is 33.2 Å². The van der Waals surface area contributed by atoms with Gasteiger partial charge in [0.2, 0.25) is 0 Å². The van der Waals surface area contributed by atoms with Crippen LogP contribution in [0.25, 0.3) is 5.76 Å². The van der Waals surface area contributed by atoms with E-state index in [-0.39, 0.29) is 22.8 Å². The third-order valence-corrected chi connectivity index (χ3v) is 5.02. The molecule has 0 radical (unpaired) electrons. The Morgan fingerprint density at radius 1 is 1.03 bits per heavy atom. The summed E-state index contributed by atoms with van der Waals surface area (Å²) < 4.78 is 11.0. The minimum atomic E-state index is -0.796. The van der Waals surface area contributed by atoms with Crippen molar-refractivity contribution in [3.8, 4) is 17.2 Å². The third-order valence-electron chi connectivity index (χ3n) is 5.02. The van der Waals surface area contributed by atoms with E-state index in [1.54, 1.807) is 43.3 Å². The SMILES string of the molecule is CCCN1C(=O)C(=O)/C(=C(\O)c2cccc(OCC)c2)C1c1ccc(O)c(OCC)c1. The molecule has 31 heavy (non-hydrogen) atoms. The molecule has 0 spiro atoms. The van der Waals surface area contributed by atoms with Crippen LogP contribution in [-0.4, -0.2) is 46.6 Å². The first-order chi connectivity index (χ1) is 14.9. The van der Waals surface area contributed by atoms with Crippen molar-refractivity contribution in [1.82, 2.24) is 4.90 Å². The average molecular weight is 425 g/mol. The van der Waals surface area contributed by atoms with Gasteiger partial charge in [0.15, 0.2) is 11.5 Å². The molecule has 1 aliphatic heterocycles. The second-order valence-electron chi connectivity index (χ2n) is 7.11. The van der Waals surface area contributed by atoms with Crippen molar-refractivity contribution < 1.29 is 29.3 Å². The molecule has 3 rings (SSSR count). The molecule has 7 nitrogen and oxygen atoms in total. The Kier molecular flexibility index (Phi) is 6.84. The molecule has 1 saturated heterocycles. The topological polar surface area (TPSA) is 96.3 Å². The maximum atomic E-state index is 13.0. The lowest BCUT2D eigenvalue weighted by atomic mass is 9.95. The highest BCUT2D eigenvalue weighted by molar-refractivity contribution is 6.46.